The summed E-state index contributed by atoms with van der Waals surface area (Å²) in [6.07, 6.45) is 0.0294. The summed E-state index contributed by atoms with van der Waals surface area (Å²) >= 11 is 1.32. The molecule has 0 spiro atoms. The Morgan fingerprint density at radius 2 is 1.90 bits per heavy atom. The van der Waals surface area contributed by atoms with Crippen molar-refractivity contribution in [2.45, 2.75) is 18.2 Å². The molecule has 0 saturated carbocycles. The van der Waals surface area contributed by atoms with Gasteiger partial charge in [-0.2, -0.15) is 0 Å². The van der Waals surface area contributed by atoms with Gasteiger partial charge in [0.15, 0.2) is 5.75 Å². The maximum absolute atomic E-state index is 12.4. The highest BCUT2D eigenvalue weighted by molar-refractivity contribution is 7.99. The van der Waals surface area contributed by atoms with Crippen molar-refractivity contribution in [2.24, 2.45) is 0 Å². The van der Waals surface area contributed by atoms with Gasteiger partial charge in [-0.25, -0.2) is 0 Å². The molecule has 0 bridgehead atoms. The van der Waals surface area contributed by atoms with Gasteiger partial charge in [-0.15, -0.1) is 11.8 Å². The van der Waals surface area contributed by atoms with E-state index in [9.17, 15) is 19.7 Å². The third kappa shape index (κ3) is 6.79. The van der Waals surface area contributed by atoms with E-state index >= 15 is 0 Å². The number of ether oxygens (including phenoxy) is 2. The molecule has 2 aromatic carbocycles. The summed E-state index contributed by atoms with van der Waals surface area (Å²) in [4.78, 5) is 34.6. The fourth-order valence-electron chi connectivity index (χ4n) is 2.65. The quantitative estimate of drug-likeness (QED) is 0.358. The summed E-state index contributed by atoms with van der Waals surface area (Å²) in [6, 6.07) is 13.4. The molecule has 9 heteroatoms. The molecule has 2 aromatic rings. The zero-order chi connectivity index (χ0) is 21.2. The van der Waals surface area contributed by atoms with Crippen LogP contribution in [0.3, 0.4) is 0 Å². The highest BCUT2D eigenvalue weighted by atomic mass is 32.2. The van der Waals surface area contributed by atoms with Crippen molar-refractivity contribution in [1.29, 1.82) is 0 Å². The van der Waals surface area contributed by atoms with Gasteiger partial charge >= 0.3 is 11.7 Å². The summed E-state index contributed by atoms with van der Waals surface area (Å²) < 4.78 is 9.69. The van der Waals surface area contributed by atoms with Crippen LogP contribution in [0, 0.1) is 10.1 Å². The minimum absolute atomic E-state index is 0.0294. The molecule has 0 aromatic heterocycles. The van der Waals surface area contributed by atoms with Gasteiger partial charge < -0.3 is 14.8 Å². The smallest absolute Gasteiger partial charge is 0.311 e. The first-order valence-electron chi connectivity index (χ1n) is 8.74. The van der Waals surface area contributed by atoms with Gasteiger partial charge in [0.1, 0.15) is 0 Å². The third-order valence-corrected chi connectivity index (χ3v) is 5.08. The Morgan fingerprint density at radius 1 is 1.17 bits per heavy atom. The molecule has 0 aliphatic rings. The Balaban J connectivity index is 1.94. The molecule has 0 fully saturated rings. The predicted octanol–water partition coefficient (Wildman–Crippen LogP) is 3.26. The van der Waals surface area contributed by atoms with Crippen molar-refractivity contribution in [1.82, 2.24) is 5.32 Å². The van der Waals surface area contributed by atoms with Gasteiger partial charge in [0.2, 0.25) is 5.91 Å². The molecule has 29 heavy (non-hydrogen) atoms. The first-order valence-corrected chi connectivity index (χ1v) is 9.90. The van der Waals surface area contributed by atoms with Gasteiger partial charge in [-0.05, 0) is 17.2 Å². The van der Waals surface area contributed by atoms with E-state index in [1.54, 1.807) is 6.07 Å². The molecule has 1 unspecified atom stereocenters. The molecule has 0 radical (unpaired) electrons. The third-order valence-electron chi connectivity index (χ3n) is 4.08. The van der Waals surface area contributed by atoms with Gasteiger partial charge in [0.05, 0.1) is 37.4 Å². The predicted molar refractivity (Wildman–Crippen MR) is 110 cm³/mol. The fraction of sp³-hybridized carbons (Fsp3) is 0.300. The number of nitro groups is 1. The van der Waals surface area contributed by atoms with Gasteiger partial charge in [-0.3, -0.25) is 19.7 Å². The van der Waals surface area contributed by atoms with E-state index in [0.717, 1.165) is 5.56 Å². The van der Waals surface area contributed by atoms with E-state index in [-0.39, 0.29) is 29.5 Å². The Bertz CT molecular complexity index is 859. The zero-order valence-electron chi connectivity index (χ0n) is 16.1. The number of thioether (sulfide) groups is 1. The Hall–Kier alpha value is -3.07. The second-order valence-corrected chi connectivity index (χ2v) is 7.05. The Morgan fingerprint density at radius 3 is 2.52 bits per heavy atom. The minimum atomic E-state index is -0.503. The van der Waals surface area contributed by atoms with Crippen LogP contribution in [0.4, 0.5) is 5.69 Å². The summed E-state index contributed by atoms with van der Waals surface area (Å²) in [5, 5.41) is 13.9. The number of amides is 1. The average molecular weight is 418 g/mol. The second-order valence-electron chi connectivity index (χ2n) is 6.07. The molecule has 1 amide bonds. The molecule has 2 rings (SSSR count). The van der Waals surface area contributed by atoms with E-state index in [1.165, 1.54) is 38.1 Å². The van der Waals surface area contributed by atoms with Crippen molar-refractivity contribution in [3.63, 3.8) is 0 Å². The molecule has 0 saturated heterocycles. The van der Waals surface area contributed by atoms with E-state index < -0.39 is 16.9 Å². The lowest BCUT2D eigenvalue weighted by atomic mass is 10.0. The number of rotatable bonds is 10. The van der Waals surface area contributed by atoms with Crippen molar-refractivity contribution in [2.75, 3.05) is 20.0 Å². The Kier molecular flexibility index (Phi) is 8.47. The number of nitrogens with one attached hydrogen (secondary N) is 1. The van der Waals surface area contributed by atoms with Crippen LogP contribution in [0.2, 0.25) is 0 Å². The lowest BCUT2D eigenvalue weighted by molar-refractivity contribution is -0.385. The molecule has 0 aliphatic carbocycles. The van der Waals surface area contributed by atoms with E-state index in [0.29, 0.717) is 11.3 Å². The van der Waals surface area contributed by atoms with Crippen LogP contribution in [-0.4, -0.2) is 36.8 Å². The number of nitrogens with zero attached hydrogens (tertiary/aromatic N) is 1. The molecular weight excluding hydrogens is 396 g/mol. The molecule has 8 nitrogen and oxygen atoms in total. The lowest BCUT2D eigenvalue weighted by Gasteiger charge is -2.18. The van der Waals surface area contributed by atoms with Crippen LogP contribution in [0.5, 0.6) is 5.75 Å². The SMILES string of the molecule is COC(=O)CC(NC(=O)CSCc1ccc(OC)c([N+](=O)[O-])c1)c1ccccc1. The van der Waals surface area contributed by atoms with Crippen LogP contribution < -0.4 is 10.1 Å². The number of hydrogen-bond donors (Lipinski definition) is 1. The fourth-order valence-corrected chi connectivity index (χ4v) is 3.44. The van der Waals surface area contributed by atoms with Crippen LogP contribution in [0.25, 0.3) is 0 Å². The normalized spacial score (nSPS) is 11.4. The summed E-state index contributed by atoms with van der Waals surface area (Å²) in [6.45, 7) is 0. The molecule has 1 N–H and O–H groups in total. The van der Waals surface area contributed by atoms with Crippen LogP contribution >= 0.6 is 11.8 Å². The molecule has 0 heterocycles. The highest BCUT2D eigenvalue weighted by Gasteiger charge is 2.19. The van der Waals surface area contributed by atoms with Crippen molar-refractivity contribution < 1.29 is 24.0 Å². The highest BCUT2D eigenvalue weighted by Crippen LogP contribution is 2.29. The number of carbonyl (C=O) groups excluding carboxylic acids is 2. The molecule has 154 valence electrons. The molecule has 1 atom stereocenters. The first-order chi connectivity index (χ1) is 13.9. The van der Waals surface area contributed by atoms with Gasteiger partial charge in [-0.1, -0.05) is 36.4 Å². The number of benzene rings is 2. The maximum Gasteiger partial charge on any atom is 0.311 e. The van der Waals surface area contributed by atoms with Crippen molar-refractivity contribution >= 4 is 29.3 Å². The number of methoxy groups -OCH3 is 2. The standard InChI is InChI=1S/C20H22N2O6S/c1-27-18-9-8-14(10-17(18)22(25)26)12-29-13-19(23)21-16(11-20(24)28-2)15-6-4-3-5-7-15/h3-10,16H,11-13H2,1-2H3,(H,21,23). The van der Waals surface area contributed by atoms with Gasteiger partial charge in [0, 0.05) is 11.8 Å². The Labute approximate surface area is 172 Å². The molecular formula is C20H22N2O6S. The van der Waals surface area contributed by atoms with Crippen LogP contribution in [-0.2, 0) is 20.1 Å². The van der Waals surface area contributed by atoms with E-state index in [2.05, 4.69) is 5.32 Å². The largest absolute Gasteiger partial charge is 0.490 e. The lowest BCUT2D eigenvalue weighted by Crippen LogP contribution is -2.31. The average Bonchev–Trinajstić information content (AvgIpc) is 2.73. The number of nitro benzene ring substituents is 1. The summed E-state index contributed by atoms with van der Waals surface area (Å²) in [5.41, 5.74) is 1.41. The van der Waals surface area contributed by atoms with Crippen molar-refractivity contribution in [3.05, 3.63) is 69.8 Å². The number of esters is 1. The summed E-state index contributed by atoms with van der Waals surface area (Å²) in [7, 11) is 2.68. The zero-order valence-corrected chi connectivity index (χ0v) is 16.9. The second kappa shape index (κ2) is 11.1. The van der Waals surface area contributed by atoms with E-state index in [1.807, 2.05) is 30.3 Å². The van der Waals surface area contributed by atoms with E-state index in [4.69, 9.17) is 9.47 Å². The number of carbonyl (C=O) groups is 2. The monoisotopic (exact) mass is 418 g/mol. The van der Waals surface area contributed by atoms with Crippen molar-refractivity contribution in [3.8, 4) is 5.75 Å². The minimum Gasteiger partial charge on any atom is -0.490 e. The topological polar surface area (TPSA) is 108 Å². The first kappa shape index (κ1) is 22.2. The maximum atomic E-state index is 12.4. The summed E-state index contributed by atoms with van der Waals surface area (Å²) in [5.74, 6) is 0.0957. The number of hydrogen-bond acceptors (Lipinski definition) is 7. The van der Waals surface area contributed by atoms with Gasteiger partial charge in [0.25, 0.3) is 0 Å². The van der Waals surface area contributed by atoms with Crippen LogP contribution in [0.1, 0.15) is 23.6 Å². The van der Waals surface area contributed by atoms with Crippen LogP contribution in [0.15, 0.2) is 48.5 Å². The molecule has 0 aliphatic heterocycles.